The van der Waals surface area contributed by atoms with E-state index in [9.17, 15) is 8.78 Å². The van der Waals surface area contributed by atoms with Gasteiger partial charge < -0.3 is 10.5 Å². The first-order valence-electron chi connectivity index (χ1n) is 6.61. The second kappa shape index (κ2) is 6.41. The number of likely N-dealkylation sites (N-methyl/N-ethyl adjacent to an activating group) is 1. The van der Waals surface area contributed by atoms with Gasteiger partial charge in [-0.05, 0) is 18.2 Å². The van der Waals surface area contributed by atoms with E-state index in [2.05, 4.69) is 11.8 Å². The van der Waals surface area contributed by atoms with Gasteiger partial charge in [0.15, 0.2) is 0 Å². The summed E-state index contributed by atoms with van der Waals surface area (Å²) in [6.45, 7) is 4.74. The highest BCUT2D eigenvalue weighted by Crippen LogP contribution is 2.31. The molecule has 0 amide bonds. The first kappa shape index (κ1) is 14.4. The topological polar surface area (TPSA) is 38.5 Å². The first-order chi connectivity index (χ1) is 9.17. The lowest BCUT2D eigenvalue weighted by molar-refractivity contribution is -0.0659. The monoisotopic (exact) mass is 270 g/mol. The lowest BCUT2D eigenvalue weighted by Crippen LogP contribution is -2.48. The van der Waals surface area contributed by atoms with E-state index in [1.807, 2.05) is 6.07 Å². The molecular formula is C14H20F2N2O. The Bertz CT molecular complexity index is 402. The fraction of sp³-hybridized carbons (Fsp3) is 0.571. The molecule has 2 N–H and O–H groups in total. The van der Waals surface area contributed by atoms with Gasteiger partial charge in [0.25, 0.3) is 6.43 Å². The van der Waals surface area contributed by atoms with Gasteiger partial charge in [-0.2, -0.15) is 0 Å². The minimum Gasteiger partial charge on any atom is -0.374 e. The van der Waals surface area contributed by atoms with Crippen LogP contribution in [0.15, 0.2) is 24.3 Å². The quantitative estimate of drug-likeness (QED) is 0.912. The van der Waals surface area contributed by atoms with Crippen LogP contribution in [0.25, 0.3) is 0 Å². The van der Waals surface area contributed by atoms with Crippen LogP contribution in [0.4, 0.5) is 8.78 Å². The molecule has 0 saturated carbocycles. The van der Waals surface area contributed by atoms with Crippen molar-refractivity contribution >= 4 is 0 Å². The predicted octanol–water partition coefficient (Wildman–Crippen LogP) is 2.34. The van der Waals surface area contributed by atoms with Gasteiger partial charge in [0.2, 0.25) is 0 Å². The van der Waals surface area contributed by atoms with Crippen LogP contribution in [-0.4, -0.2) is 37.2 Å². The number of nitrogens with two attached hydrogens (primary N) is 1. The smallest absolute Gasteiger partial charge is 0.263 e. The van der Waals surface area contributed by atoms with Crippen molar-refractivity contribution in [3.8, 4) is 0 Å². The van der Waals surface area contributed by atoms with Crippen LogP contribution in [0.3, 0.4) is 0 Å². The fourth-order valence-corrected chi connectivity index (χ4v) is 2.64. The maximum atomic E-state index is 12.8. The molecule has 2 atom stereocenters. The third-order valence-electron chi connectivity index (χ3n) is 3.60. The van der Waals surface area contributed by atoms with Gasteiger partial charge in [0.05, 0.1) is 18.8 Å². The molecule has 1 saturated heterocycles. The van der Waals surface area contributed by atoms with Crippen molar-refractivity contribution in [3.63, 3.8) is 0 Å². The number of hydrogen-bond acceptors (Lipinski definition) is 3. The number of ether oxygens (including phenoxy) is 1. The summed E-state index contributed by atoms with van der Waals surface area (Å²) in [4.78, 5) is 2.23. The van der Waals surface area contributed by atoms with Crippen molar-refractivity contribution in [3.05, 3.63) is 35.4 Å². The van der Waals surface area contributed by atoms with E-state index >= 15 is 0 Å². The minimum absolute atomic E-state index is 0.0394. The zero-order chi connectivity index (χ0) is 13.8. The molecule has 1 aromatic rings. The zero-order valence-electron chi connectivity index (χ0n) is 11.1. The van der Waals surface area contributed by atoms with Crippen LogP contribution in [0.1, 0.15) is 30.5 Å². The van der Waals surface area contributed by atoms with Crippen LogP contribution in [0, 0.1) is 0 Å². The number of alkyl halides is 2. The summed E-state index contributed by atoms with van der Waals surface area (Å²) in [7, 11) is 0. The van der Waals surface area contributed by atoms with E-state index in [0.717, 1.165) is 18.7 Å². The number of morpholine rings is 1. The highest BCUT2D eigenvalue weighted by molar-refractivity contribution is 5.28. The summed E-state index contributed by atoms with van der Waals surface area (Å²) >= 11 is 0. The average molecular weight is 270 g/mol. The molecular weight excluding hydrogens is 250 g/mol. The molecule has 2 rings (SSSR count). The van der Waals surface area contributed by atoms with E-state index < -0.39 is 6.43 Å². The molecule has 1 heterocycles. The van der Waals surface area contributed by atoms with Crippen LogP contribution in [-0.2, 0) is 4.74 Å². The van der Waals surface area contributed by atoms with Gasteiger partial charge in [0, 0.05) is 18.7 Å². The average Bonchev–Trinajstić information content (AvgIpc) is 2.46. The van der Waals surface area contributed by atoms with Gasteiger partial charge in [-0.15, -0.1) is 0 Å². The Hall–Kier alpha value is -1.04. The van der Waals surface area contributed by atoms with Gasteiger partial charge >= 0.3 is 0 Å². The third-order valence-corrected chi connectivity index (χ3v) is 3.60. The summed E-state index contributed by atoms with van der Waals surface area (Å²) in [5.41, 5.74) is 6.65. The van der Waals surface area contributed by atoms with Gasteiger partial charge in [-0.1, -0.05) is 25.1 Å². The minimum atomic E-state index is -2.45. The lowest BCUT2D eigenvalue weighted by atomic mass is 9.96. The molecule has 1 aliphatic rings. The Labute approximate surface area is 112 Å². The van der Waals surface area contributed by atoms with E-state index in [-0.39, 0.29) is 17.7 Å². The Morgan fingerprint density at radius 3 is 2.89 bits per heavy atom. The van der Waals surface area contributed by atoms with E-state index in [0.29, 0.717) is 13.2 Å². The Balaban J connectivity index is 2.31. The molecule has 0 radical (unpaired) electrons. The molecule has 1 aromatic carbocycles. The predicted molar refractivity (Wildman–Crippen MR) is 70.2 cm³/mol. The molecule has 3 nitrogen and oxygen atoms in total. The fourth-order valence-electron chi connectivity index (χ4n) is 2.64. The summed E-state index contributed by atoms with van der Waals surface area (Å²) in [6, 6.07) is 6.52. The molecule has 0 aliphatic carbocycles. The Morgan fingerprint density at radius 2 is 2.26 bits per heavy atom. The largest absolute Gasteiger partial charge is 0.374 e. The number of nitrogens with zero attached hydrogens (tertiary/aromatic N) is 1. The molecule has 0 spiro atoms. The van der Waals surface area contributed by atoms with E-state index in [1.165, 1.54) is 6.07 Å². The number of rotatable bonds is 4. The number of hydrogen-bond donors (Lipinski definition) is 1. The second-order valence-corrected chi connectivity index (χ2v) is 4.69. The first-order valence-corrected chi connectivity index (χ1v) is 6.61. The Kier molecular flexibility index (Phi) is 4.85. The summed E-state index contributed by atoms with van der Waals surface area (Å²) in [6.07, 6.45) is -2.59. The van der Waals surface area contributed by atoms with Crippen LogP contribution >= 0.6 is 0 Å². The maximum Gasteiger partial charge on any atom is 0.263 e. The van der Waals surface area contributed by atoms with Crippen molar-refractivity contribution in [1.82, 2.24) is 4.90 Å². The molecule has 19 heavy (non-hydrogen) atoms. The molecule has 1 fully saturated rings. The summed E-state index contributed by atoms with van der Waals surface area (Å²) in [5.74, 6) is 0. The molecule has 1 aliphatic heterocycles. The van der Waals surface area contributed by atoms with E-state index in [1.54, 1.807) is 12.1 Å². The van der Waals surface area contributed by atoms with Crippen LogP contribution < -0.4 is 5.73 Å². The molecule has 106 valence electrons. The standard InChI is InChI=1S/C14H20F2N2O/c1-2-18-6-7-19-12(9-17)13(18)10-4-3-5-11(8-10)14(15)16/h3-5,8,12-14H,2,6-7,9,17H2,1H3. The summed E-state index contributed by atoms with van der Waals surface area (Å²) < 4.78 is 31.3. The highest BCUT2D eigenvalue weighted by Gasteiger charge is 2.32. The number of benzene rings is 1. The zero-order valence-corrected chi connectivity index (χ0v) is 11.1. The molecule has 0 aromatic heterocycles. The van der Waals surface area contributed by atoms with E-state index in [4.69, 9.17) is 10.5 Å². The normalized spacial score (nSPS) is 24.9. The lowest BCUT2D eigenvalue weighted by Gasteiger charge is -2.40. The van der Waals surface area contributed by atoms with Crippen molar-refractivity contribution in [2.45, 2.75) is 25.5 Å². The van der Waals surface area contributed by atoms with Gasteiger partial charge in [-0.25, -0.2) is 8.78 Å². The van der Waals surface area contributed by atoms with Crippen LogP contribution in [0.2, 0.25) is 0 Å². The summed E-state index contributed by atoms with van der Waals surface area (Å²) in [5, 5.41) is 0. The van der Waals surface area contributed by atoms with Crippen LogP contribution in [0.5, 0.6) is 0 Å². The Morgan fingerprint density at radius 1 is 1.47 bits per heavy atom. The highest BCUT2D eigenvalue weighted by atomic mass is 19.3. The maximum absolute atomic E-state index is 12.8. The molecule has 5 heteroatoms. The third kappa shape index (κ3) is 3.11. The van der Waals surface area contributed by atoms with Crippen molar-refractivity contribution in [2.24, 2.45) is 5.73 Å². The number of halogens is 2. The molecule has 2 unspecified atom stereocenters. The SMILES string of the molecule is CCN1CCOC(CN)C1c1cccc(C(F)F)c1. The van der Waals surface area contributed by atoms with Crippen molar-refractivity contribution in [1.29, 1.82) is 0 Å². The van der Waals surface area contributed by atoms with Crippen molar-refractivity contribution in [2.75, 3.05) is 26.2 Å². The van der Waals surface area contributed by atoms with Gasteiger partial charge in [0.1, 0.15) is 0 Å². The van der Waals surface area contributed by atoms with Crippen molar-refractivity contribution < 1.29 is 13.5 Å². The van der Waals surface area contributed by atoms with Gasteiger partial charge in [-0.3, -0.25) is 4.90 Å². The second-order valence-electron chi connectivity index (χ2n) is 4.69. The molecule has 0 bridgehead atoms.